The van der Waals surface area contributed by atoms with E-state index in [1.54, 1.807) is 19.3 Å². The lowest BCUT2D eigenvalue weighted by molar-refractivity contribution is -0.130. The molecule has 0 aliphatic carbocycles. The fourth-order valence-electron chi connectivity index (χ4n) is 3.34. The average Bonchev–Trinajstić information content (AvgIpc) is 3.12. The SMILES string of the molecule is CC(=O)N1CCCC[C@H]1PNc1nc(-c2c[nH]c3ncccc23)ncc1F. The maximum Gasteiger partial charge on any atom is 0.220 e. The van der Waals surface area contributed by atoms with Gasteiger partial charge in [-0.15, -0.1) is 0 Å². The van der Waals surface area contributed by atoms with Gasteiger partial charge < -0.3 is 15.0 Å². The molecule has 1 fully saturated rings. The molecule has 140 valence electrons. The van der Waals surface area contributed by atoms with Gasteiger partial charge in [0.15, 0.2) is 17.5 Å². The second kappa shape index (κ2) is 7.56. The number of aromatic nitrogens is 4. The van der Waals surface area contributed by atoms with Gasteiger partial charge in [0.05, 0.1) is 12.0 Å². The number of nitrogens with zero attached hydrogens (tertiary/aromatic N) is 4. The summed E-state index contributed by atoms with van der Waals surface area (Å²) in [5, 5.41) is 3.98. The van der Waals surface area contributed by atoms with Crippen LogP contribution in [0.4, 0.5) is 10.2 Å². The highest BCUT2D eigenvalue weighted by molar-refractivity contribution is 7.40. The van der Waals surface area contributed by atoms with Gasteiger partial charge in [0.1, 0.15) is 5.65 Å². The van der Waals surface area contributed by atoms with Crippen LogP contribution in [0.2, 0.25) is 0 Å². The number of piperidine rings is 1. The summed E-state index contributed by atoms with van der Waals surface area (Å²) in [4.78, 5) is 29.5. The lowest BCUT2D eigenvalue weighted by Crippen LogP contribution is -2.40. The van der Waals surface area contributed by atoms with Crippen molar-refractivity contribution in [3.05, 3.63) is 36.5 Å². The number of rotatable bonds is 4. The van der Waals surface area contributed by atoms with E-state index >= 15 is 0 Å². The number of amides is 1. The third-order valence-electron chi connectivity index (χ3n) is 4.70. The van der Waals surface area contributed by atoms with Gasteiger partial charge in [-0.2, -0.15) is 0 Å². The van der Waals surface area contributed by atoms with E-state index < -0.39 is 5.82 Å². The molecule has 3 aromatic rings. The number of H-pyrrole nitrogens is 1. The van der Waals surface area contributed by atoms with Crippen LogP contribution in [0.5, 0.6) is 0 Å². The van der Waals surface area contributed by atoms with Crippen LogP contribution in [0.1, 0.15) is 26.2 Å². The fraction of sp³-hybridized carbons (Fsp3) is 0.333. The minimum Gasteiger partial charge on any atom is -0.347 e. The summed E-state index contributed by atoms with van der Waals surface area (Å²) in [6, 6.07) is 3.76. The predicted molar refractivity (Wildman–Crippen MR) is 104 cm³/mol. The number of hydrogen-bond acceptors (Lipinski definition) is 5. The highest BCUT2D eigenvalue weighted by atomic mass is 31.1. The van der Waals surface area contributed by atoms with Gasteiger partial charge in [0.2, 0.25) is 5.91 Å². The molecule has 1 saturated heterocycles. The van der Waals surface area contributed by atoms with Crippen molar-refractivity contribution in [3.63, 3.8) is 0 Å². The van der Waals surface area contributed by atoms with Gasteiger partial charge in [0, 0.05) is 36.8 Å². The lowest BCUT2D eigenvalue weighted by Gasteiger charge is -2.35. The summed E-state index contributed by atoms with van der Waals surface area (Å²) in [7, 11) is 0.176. The molecule has 0 radical (unpaired) electrons. The lowest BCUT2D eigenvalue weighted by atomic mass is 10.1. The number of carbonyl (C=O) groups is 1. The largest absolute Gasteiger partial charge is 0.347 e. The van der Waals surface area contributed by atoms with E-state index in [9.17, 15) is 9.18 Å². The maximum atomic E-state index is 14.3. The number of carbonyl (C=O) groups excluding carboxylic acids is 1. The summed E-state index contributed by atoms with van der Waals surface area (Å²) in [6.07, 6.45) is 7.65. The highest BCUT2D eigenvalue weighted by Gasteiger charge is 2.25. The average molecular weight is 386 g/mol. The molecule has 0 saturated carbocycles. The third kappa shape index (κ3) is 3.62. The first-order valence-electron chi connectivity index (χ1n) is 8.87. The number of hydrogen-bond donors (Lipinski definition) is 2. The van der Waals surface area contributed by atoms with E-state index in [-0.39, 0.29) is 26.2 Å². The van der Waals surface area contributed by atoms with Crippen molar-refractivity contribution >= 4 is 31.5 Å². The van der Waals surface area contributed by atoms with Crippen molar-refractivity contribution in [1.29, 1.82) is 0 Å². The number of nitrogens with one attached hydrogen (secondary N) is 2. The van der Waals surface area contributed by atoms with Gasteiger partial charge in [-0.05, 0) is 40.1 Å². The van der Waals surface area contributed by atoms with Gasteiger partial charge >= 0.3 is 0 Å². The van der Waals surface area contributed by atoms with E-state index in [4.69, 9.17) is 0 Å². The van der Waals surface area contributed by atoms with Crippen LogP contribution in [0.25, 0.3) is 22.4 Å². The molecule has 4 heterocycles. The molecule has 9 heteroatoms. The van der Waals surface area contributed by atoms with Crippen LogP contribution < -0.4 is 5.09 Å². The molecule has 0 spiro atoms. The number of likely N-dealkylation sites (tertiary alicyclic amines) is 1. The highest BCUT2D eigenvalue weighted by Crippen LogP contribution is 2.33. The van der Waals surface area contributed by atoms with E-state index in [0.29, 0.717) is 5.82 Å². The van der Waals surface area contributed by atoms with Crippen LogP contribution >= 0.6 is 8.73 Å². The molecule has 0 aromatic carbocycles. The second-order valence-corrected chi connectivity index (χ2v) is 7.69. The van der Waals surface area contributed by atoms with Gasteiger partial charge in [0.25, 0.3) is 0 Å². The van der Waals surface area contributed by atoms with Crippen molar-refractivity contribution < 1.29 is 9.18 Å². The number of anilines is 1. The van der Waals surface area contributed by atoms with Gasteiger partial charge in [-0.1, -0.05) is 0 Å². The van der Waals surface area contributed by atoms with Crippen molar-refractivity contribution in [1.82, 2.24) is 24.8 Å². The Hall–Kier alpha value is -2.60. The molecule has 1 aliphatic rings. The number of pyridine rings is 1. The van der Waals surface area contributed by atoms with Crippen molar-refractivity contribution in [2.75, 3.05) is 11.6 Å². The summed E-state index contributed by atoms with van der Waals surface area (Å²) in [6.45, 7) is 2.34. The molecule has 1 aliphatic heterocycles. The summed E-state index contributed by atoms with van der Waals surface area (Å²) in [5.74, 6) is 0.213. The van der Waals surface area contributed by atoms with Crippen LogP contribution in [-0.2, 0) is 4.79 Å². The molecule has 0 bridgehead atoms. The van der Waals surface area contributed by atoms with Crippen molar-refractivity contribution in [2.24, 2.45) is 0 Å². The van der Waals surface area contributed by atoms with Gasteiger partial charge in [-0.3, -0.25) is 4.79 Å². The van der Waals surface area contributed by atoms with E-state index in [2.05, 4.69) is 25.0 Å². The Morgan fingerprint density at radius 3 is 3.15 bits per heavy atom. The summed E-state index contributed by atoms with van der Waals surface area (Å²) < 4.78 is 14.3. The quantitative estimate of drug-likeness (QED) is 0.670. The van der Waals surface area contributed by atoms with Crippen LogP contribution in [0.15, 0.2) is 30.7 Å². The Morgan fingerprint density at radius 2 is 2.30 bits per heavy atom. The van der Waals surface area contributed by atoms with Crippen molar-refractivity contribution in [3.8, 4) is 11.4 Å². The monoisotopic (exact) mass is 386 g/mol. The van der Waals surface area contributed by atoms with Crippen LogP contribution in [0, 0.1) is 5.82 Å². The van der Waals surface area contributed by atoms with Crippen LogP contribution in [-0.4, -0.2) is 43.1 Å². The number of fused-ring (bicyclic) bond motifs is 1. The van der Waals surface area contributed by atoms with Gasteiger partial charge in [-0.25, -0.2) is 19.3 Å². The molecular formula is C18H20FN6OP. The Labute approximate surface area is 157 Å². The summed E-state index contributed by atoms with van der Waals surface area (Å²) >= 11 is 0. The second-order valence-electron chi connectivity index (χ2n) is 6.49. The molecule has 7 nitrogen and oxygen atoms in total. The van der Waals surface area contributed by atoms with E-state index in [0.717, 1.165) is 42.4 Å². The topological polar surface area (TPSA) is 86.8 Å². The molecule has 2 N–H and O–H groups in total. The smallest absolute Gasteiger partial charge is 0.220 e. The molecule has 2 atom stereocenters. The predicted octanol–water partition coefficient (Wildman–Crippen LogP) is 3.52. The minimum absolute atomic E-state index is 0.0594. The molecule has 1 unspecified atom stereocenters. The molecule has 1 amide bonds. The molecule has 4 rings (SSSR count). The fourth-order valence-corrected chi connectivity index (χ4v) is 4.63. The number of halogens is 1. The molecular weight excluding hydrogens is 366 g/mol. The van der Waals surface area contributed by atoms with Crippen molar-refractivity contribution in [2.45, 2.75) is 32.0 Å². The standard InChI is InChI=1S/C18H20FN6OP/c1-11(26)25-8-3-2-6-15(25)27-24-18-14(19)10-22-17(23-18)13-9-21-16-12(13)5-4-7-20-16/h4-5,7,9-10,15,27H,2-3,6,8H2,1H3,(H,20,21)(H,22,23,24)/t15-/m1/s1. The first-order valence-corrected chi connectivity index (χ1v) is 9.95. The van der Waals surface area contributed by atoms with E-state index in [1.165, 1.54) is 6.20 Å². The Morgan fingerprint density at radius 1 is 1.41 bits per heavy atom. The van der Waals surface area contributed by atoms with Crippen LogP contribution in [0.3, 0.4) is 0 Å². The zero-order valence-corrected chi connectivity index (χ0v) is 15.9. The first-order chi connectivity index (χ1) is 13.1. The Bertz CT molecular complexity index is 977. The Kier molecular flexibility index (Phi) is 4.99. The number of aromatic amines is 1. The maximum absolute atomic E-state index is 14.3. The zero-order chi connectivity index (χ0) is 18.8. The van der Waals surface area contributed by atoms with E-state index in [1.807, 2.05) is 17.0 Å². The zero-order valence-electron chi connectivity index (χ0n) is 14.9. The molecule has 3 aromatic heterocycles. The molecule has 27 heavy (non-hydrogen) atoms. The summed E-state index contributed by atoms with van der Waals surface area (Å²) in [5.41, 5.74) is 1.50. The normalized spacial score (nSPS) is 17.7. The third-order valence-corrected chi connectivity index (χ3v) is 6.02. The Balaban J connectivity index is 1.57. The minimum atomic E-state index is -0.505. The first kappa shape index (κ1) is 17.8.